The van der Waals surface area contributed by atoms with E-state index in [1.54, 1.807) is 6.07 Å². The lowest BCUT2D eigenvalue weighted by atomic mass is 9.97. The van der Waals surface area contributed by atoms with E-state index in [0.717, 1.165) is 27.7 Å². The van der Waals surface area contributed by atoms with Crippen molar-refractivity contribution in [2.24, 2.45) is 5.92 Å². The second kappa shape index (κ2) is 8.75. The van der Waals surface area contributed by atoms with E-state index < -0.39 is 0 Å². The first-order valence-corrected chi connectivity index (χ1v) is 11.3. The first-order valence-electron chi connectivity index (χ1n) is 11.3. The highest BCUT2D eigenvalue weighted by molar-refractivity contribution is 5.96. The Morgan fingerprint density at radius 1 is 0.909 bits per heavy atom. The summed E-state index contributed by atoms with van der Waals surface area (Å²) >= 11 is 0. The zero-order valence-corrected chi connectivity index (χ0v) is 18.8. The smallest absolute Gasteiger partial charge is 0.301 e. The topological polar surface area (TPSA) is 87.7 Å². The number of benzene rings is 2. The first kappa shape index (κ1) is 21.3. The second-order valence-corrected chi connectivity index (χ2v) is 8.83. The fourth-order valence-electron chi connectivity index (χ4n) is 4.35. The minimum Gasteiger partial charge on any atom is -0.459 e. The molecule has 0 atom stereocenters. The molecule has 0 unspecified atom stereocenters. The van der Waals surface area contributed by atoms with Gasteiger partial charge in [-0.3, -0.25) is 15.0 Å². The van der Waals surface area contributed by atoms with E-state index in [9.17, 15) is 9.59 Å². The average Bonchev–Trinajstić information content (AvgIpc) is 3.41. The van der Waals surface area contributed by atoms with E-state index in [0.29, 0.717) is 38.1 Å². The molecule has 170 valence electrons. The molecule has 1 aliphatic rings. The molecule has 0 saturated carbocycles. The Bertz CT molecular complexity index is 1330. The summed E-state index contributed by atoms with van der Waals surface area (Å²) in [6, 6.07) is 15.6. The van der Waals surface area contributed by atoms with Crippen molar-refractivity contribution in [3.05, 3.63) is 71.2 Å². The van der Waals surface area contributed by atoms with Gasteiger partial charge in [0, 0.05) is 29.8 Å². The number of aryl methyl sites for hydroxylation is 2. The zero-order chi connectivity index (χ0) is 22.9. The van der Waals surface area contributed by atoms with Crippen LogP contribution in [0, 0.1) is 19.8 Å². The van der Waals surface area contributed by atoms with Gasteiger partial charge in [-0.15, -0.1) is 0 Å². The van der Waals surface area contributed by atoms with Crippen molar-refractivity contribution in [3.63, 3.8) is 0 Å². The molecule has 33 heavy (non-hydrogen) atoms. The number of nitrogens with one attached hydrogen (secondary N) is 2. The predicted octanol–water partition coefficient (Wildman–Crippen LogP) is 4.47. The van der Waals surface area contributed by atoms with Crippen LogP contribution in [0.15, 0.2) is 57.4 Å². The van der Waals surface area contributed by atoms with Gasteiger partial charge in [-0.25, -0.2) is 5.01 Å². The molecule has 0 radical (unpaired) electrons. The highest BCUT2D eigenvalue weighted by atomic mass is 16.3. The third-order valence-electron chi connectivity index (χ3n) is 6.18. The molecular formula is C26H27N3O4. The number of carbonyl (C=O) groups is 2. The Balaban J connectivity index is 1.11. The van der Waals surface area contributed by atoms with Crippen molar-refractivity contribution in [2.45, 2.75) is 33.2 Å². The highest BCUT2D eigenvalue weighted by Crippen LogP contribution is 2.23. The van der Waals surface area contributed by atoms with Crippen LogP contribution in [0.1, 0.15) is 40.3 Å². The van der Waals surface area contributed by atoms with Crippen LogP contribution in [0.2, 0.25) is 0 Å². The van der Waals surface area contributed by atoms with Gasteiger partial charge in [0.15, 0.2) is 5.76 Å². The molecule has 4 aromatic rings. The minimum absolute atomic E-state index is 0.0188. The minimum atomic E-state index is -0.271. The van der Waals surface area contributed by atoms with Gasteiger partial charge in [-0.05, 0) is 63.1 Å². The fourth-order valence-corrected chi connectivity index (χ4v) is 4.35. The van der Waals surface area contributed by atoms with Crippen LogP contribution in [0.25, 0.3) is 21.9 Å². The summed E-state index contributed by atoms with van der Waals surface area (Å²) in [6.07, 6.45) is 1.34. The monoisotopic (exact) mass is 445 g/mol. The number of hydrogen-bond acceptors (Lipinski definition) is 5. The molecule has 1 saturated heterocycles. The maximum Gasteiger partial charge on any atom is 0.301 e. The van der Waals surface area contributed by atoms with Crippen LogP contribution in [0.3, 0.4) is 0 Å². The van der Waals surface area contributed by atoms with Crippen LogP contribution >= 0.6 is 0 Å². The predicted molar refractivity (Wildman–Crippen MR) is 126 cm³/mol. The molecule has 7 nitrogen and oxygen atoms in total. The maximum absolute atomic E-state index is 12.6. The lowest BCUT2D eigenvalue weighted by Crippen LogP contribution is -2.48. The highest BCUT2D eigenvalue weighted by Gasteiger charge is 2.26. The molecule has 0 spiro atoms. The second-order valence-electron chi connectivity index (χ2n) is 8.83. The van der Waals surface area contributed by atoms with Crippen molar-refractivity contribution in [1.82, 2.24) is 15.8 Å². The summed E-state index contributed by atoms with van der Waals surface area (Å²) in [4.78, 5) is 25.2. The van der Waals surface area contributed by atoms with Crippen LogP contribution in [0.5, 0.6) is 0 Å². The zero-order valence-electron chi connectivity index (χ0n) is 18.8. The first-order chi connectivity index (χ1) is 15.9. The molecule has 5 rings (SSSR count). The van der Waals surface area contributed by atoms with E-state index in [1.807, 2.05) is 55.3 Å². The van der Waals surface area contributed by atoms with Gasteiger partial charge in [-0.1, -0.05) is 23.3 Å². The number of nitrogens with zero attached hydrogens (tertiary/aromatic N) is 1. The molecule has 3 heterocycles. The molecule has 1 aliphatic heterocycles. The van der Waals surface area contributed by atoms with Gasteiger partial charge in [-0.2, -0.15) is 0 Å². The largest absolute Gasteiger partial charge is 0.459 e. The van der Waals surface area contributed by atoms with Gasteiger partial charge >= 0.3 is 5.91 Å². The molecule has 2 N–H and O–H groups in total. The van der Waals surface area contributed by atoms with E-state index >= 15 is 0 Å². The number of carbonyl (C=O) groups excluding carboxylic acids is 2. The third-order valence-corrected chi connectivity index (χ3v) is 6.18. The Morgan fingerprint density at radius 2 is 1.55 bits per heavy atom. The molecule has 0 bridgehead atoms. The SMILES string of the molecule is Cc1ccc2oc(CNC(=O)C3CCN(NC(=O)c4cc5cc(C)ccc5o4)CC3)cc2c1. The molecule has 2 amide bonds. The van der Waals surface area contributed by atoms with Gasteiger partial charge in [0.05, 0.1) is 6.54 Å². The van der Waals surface area contributed by atoms with Crippen LogP contribution in [0.4, 0.5) is 0 Å². The van der Waals surface area contributed by atoms with Crippen LogP contribution in [-0.2, 0) is 11.3 Å². The van der Waals surface area contributed by atoms with E-state index in [2.05, 4.69) is 16.8 Å². The summed E-state index contributed by atoms with van der Waals surface area (Å²) in [5.74, 6) is 0.697. The van der Waals surface area contributed by atoms with Crippen molar-refractivity contribution in [2.75, 3.05) is 13.1 Å². The number of piperidine rings is 1. The normalized spacial score (nSPS) is 15.2. The Hall–Kier alpha value is -3.58. The summed E-state index contributed by atoms with van der Waals surface area (Å²) < 4.78 is 11.5. The lowest BCUT2D eigenvalue weighted by molar-refractivity contribution is -0.126. The van der Waals surface area contributed by atoms with Crippen LogP contribution in [-0.4, -0.2) is 29.9 Å². The molecule has 2 aromatic carbocycles. The quantitative estimate of drug-likeness (QED) is 0.473. The van der Waals surface area contributed by atoms with E-state index in [1.165, 1.54) is 5.56 Å². The van der Waals surface area contributed by atoms with Crippen molar-refractivity contribution >= 4 is 33.8 Å². The summed E-state index contributed by atoms with van der Waals surface area (Å²) in [5, 5.41) is 6.80. The number of hydrogen-bond donors (Lipinski definition) is 2. The third kappa shape index (κ3) is 4.64. The van der Waals surface area contributed by atoms with Crippen LogP contribution < -0.4 is 10.7 Å². The lowest BCUT2D eigenvalue weighted by Gasteiger charge is -2.31. The van der Waals surface area contributed by atoms with Crippen molar-refractivity contribution in [1.29, 1.82) is 0 Å². The average molecular weight is 446 g/mol. The summed E-state index contributed by atoms with van der Waals surface area (Å²) in [6.45, 7) is 5.62. The van der Waals surface area contributed by atoms with Gasteiger partial charge in [0.1, 0.15) is 16.9 Å². The molecule has 0 aliphatic carbocycles. The molecule has 1 fully saturated rings. The molecule has 2 aromatic heterocycles. The number of furan rings is 2. The molecule has 7 heteroatoms. The van der Waals surface area contributed by atoms with Gasteiger partial charge < -0.3 is 14.2 Å². The number of amides is 2. The summed E-state index contributed by atoms with van der Waals surface area (Å²) in [7, 11) is 0. The maximum atomic E-state index is 12.6. The van der Waals surface area contributed by atoms with Gasteiger partial charge in [0.2, 0.25) is 5.91 Å². The van der Waals surface area contributed by atoms with Crippen molar-refractivity contribution in [3.8, 4) is 0 Å². The van der Waals surface area contributed by atoms with Gasteiger partial charge in [0.25, 0.3) is 0 Å². The molecular weight excluding hydrogens is 418 g/mol. The van der Waals surface area contributed by atoms with E-state index in [4.69, 9.17) is 8.83 Å². The number of fused-ring (bicyclic) bond motifs is 2. The summed E-state index contributed by atoms with van der Waals surface area (Å²) in [5.41, 5.74) is 6.71. The number of rotatable bonds is 5. The Labute approximate surface area is 191 Å². The van der Waals surface area contributed by atoms with Crippen molar-refractivity contribution < 1.29 is 18.4 Å². The standard InChI is InChI=1S/C26H27N3O4/c1-16-3-5-22-19(11-16)13-21(32-22)15-27-25(30)18-7-9-29(10-8-18)28-26(31)24-14-20-12-17(2)4-6-23(20)33-24/h3-6,11-14,18H,7-10,15H2,1-2H3,(H,27,30)(H,28,31). The fraction of sp³-hybridized carbons (Fsp3) is 0.308. The Morgan fingerprint density at radius 3 is 2.24 bits per heavy atom. The Kier molecular flexibility index (Phi) is 5.64. The van der Waals surface area contributed by atoms with E-state index in [-0.39, 0.29) is 23.5 Å². The number of hydrazine groups is 1.